The molecule has 0 aliphatic carbocycles. The molecule has 2 saturated heterocycles. The number of amides is 2. The van der Waals surface area contributed by atoms with Gasteiger partial charge in [0.05, 0.1) is 6.54 Å². The summed E-state index contributed by atoms with van der Waals surface area (Å²) >= 11 is 3.58. The summed E-state index contributed by atoms with van der Waals surface area (Å²) in [6.45, 7) is 6.03. The fourth-order valence-electron chi connectivity index (χ4n) is 3.11. The van der Waals surface area contributed by atoms with Gasteiger partial charge in [-0.15, -0.1) is 0 Å². The quantitative estimate of drug-likeness (QED) is 0.723. The second-order valence-corrected chi connectivity index (χ2v) is 6.34. The van der Waals surface area contributed by atoms with E-state index in [9.17, 15) is 9.59 Å². The highest BCUT2D eigenvalue weighted by Crippen LogP contribution is 2.32. The number of hydrogen-bond donors (Lipinski definition) is 0. The number of halogens is 1. The first-order valence-electron chi connectivity index (χ1n) is 7.21. The van der Waals surface area contributed by atoms with Crippen LogP contribution in [0.4, 0.5) is 0 Å². The molecule has 108 valence electrons. The number of hydrogen-bond acceptors (Lipinski definition) is 2. The Bertz CT molecular complexity index is 360. The normalized spacial score (nSPS) is 24.1. The Morgan fingerprint density at radius 2 is 2.00 bits per heavy atom. The molecule has 2 fully saturated rings. The van der Waals surface area contributed by atoms with Crippen molar-refractivity contribution in [2.75, 3.05) is 25.0 Å². The number of carbonyl (C=O) groups excluding carboxylic acids is 2. The lowest BCUT2D eigenvalue weighted by Gasteiger charge is -2.41. The van der Waals surface area contributed by atoms with E-state index >= 15 is 0 Å². The summed E-state index contributed by atoms with van der Waals surface area (Å²) < 4.78 is 0. The Labute approximate surface area is 123 Å². The summed E-state index contributed by atoms with van der Waals surface area (Å²) in [6, 6.07) is -0.178. The van der Waals surface area contributed by atoms with Crippen LogP contribution in [-0.2, 0) is 9.59 Å². The molecule has 2 aliphatic heterocycles. The summed E-state index contributed by atoms with van der Waals surface area (Å²) in [5.74, 6) is 0.280. The molecule has 2 aliphatic rings. The van der Waals surface area contributed by atoms with Crippen LogP contribution in [0.2, 0.25) is 0 Å². The molecule has 2 rings (SSSR count). The Balaban J connectivity index is 2.12. The first-order chi connectivity index (χ1) is 9.06. The smallest absolute Gasteiger partial charge is 0.245 e. The van der Waals surface area contributed by atoms with Crippen molar-refractivity contribution < 1.29 is 9.59 Å². The molecule has 4 nitrogen and oxygen atoms in total. The molecule has 0 aromatic heterocycles. The van der Waals surface area contributed by atoms with Crippen LogP contribution in [0.15, 0.2) is 0 Å². The van der Waals surface area contributed by atoms with E-state index in [0.29, 0.717) is 6.54 Å². The highest BCUT2D eigenvalue weighted by Gasteiger charge is 2.43. The number of nitrogens with zero attached hydrogens (tertiary/aromatic N) is 2. The van der Waals surface area contributed by atoms with E-state index in [4.69, 9.17) is 0 Å². The lowest BCUT2D eigenvalue weighted by Crippen LogP contribution is -2.59. The first kappa shape index (κ1) is 14.8. The van der Waals surface area contributed by atoms with Crippen LogP contribution in [0.1, 0.15) is 39.5 Å². The second kappa shape index (κ2) is 5.81. The van der Waals surface area contributed by atoms with Gasteiger partial charge in [-0.05, 0) is 31.1 Å². The molecule has 0 bridgehead atoms. The highest BCUT2D eigenvalue weighted by molar-refractivity contribution is 9.09. The van der Waals surface area contributed by atoms with Gasteiger partial charge in [-0.25, -0.2) is 0 Å². The standard InChI is InChI=1S/C14H23BrN2O2/c1-3-14(4-2,9-15)10-16-8-12(18)17-7-5-6-11(17)13(16)19/h11H,3-10H2,1-2H3. The molecule has 2 heterocycles. The predicted molar refractivity (Wildman–Crippen MR) is 78.1 cm³/mol. The molecule has 1 unspecified atom stereocenters. The minimum Gasteiger partial charge on any atom is -0.331 e. The van der Waals surface area contributed by atoms with Crippen molar-refractivity contribution in [3.63, 3.8) is 0 Å². The molecular formula is C14H23BrN2O2. The SMILES string of the molecule is CCC(CC)(CBr)CN1CC(=O)N2CCCC2C1=O. The summed E-state index contributed by atoms with van der Waals surface area (Å²) in [5, 5.41) is 0.874. The monoisotopic (exact) mass is 330 g/mol. The summed E-state index contributed by atoms with van der Waals surface area (Å²) in [7, 11) is 0. The van der Waals surface area contributed by atoms with E-state index in [1.165, 1.54) is 0 Å². The van der Waals surface area contributed by atoms with Crippen molar-refractivity contribution in [2.24, 2.45) is 5.41 Å². The molecule has 19 heavy (non-hydrogen) atoms. The fraction of sp³-hybridized carbons (Fsp3) is 0.857. The first-order valence-corrected chi connectivity index (χ1v) is 8.33. The highest BCUT2D eigenvalue weighted by atomic mass is 79.9. The lowest BCUT2D eigenvalue weighted by molar-refractivity contribution is -0.154. The lowest BCUT2D eigenvalue weighted by atomic mass is 9.83. The second-order valence-electron chi connectivity index (χ2n) is 5.78. The number of carbonyl (C=O) groups is 2. The molecule has 1 atom stereocenters. The summed E-state index contributed by atoms with van der Waals surface area (Å²) in [4.78, 5) is 28.2. The maximum absolute atomic E-state index is 12.5. The van der Waals surface area contributed by atoms with Gasteiger partial charge in [0.1, 0.15) is 6.04 Å². The van der Waals surface area contributed by atoms with E-state index in [-0.39, 0.29) is 29.8 Å². The average Bonchev–Trinajstić information content (AvgIpc) is 2.92. The van der Waals surface area contributed by atoms with Gasteiger partial charge in [-0.1, -0.05) is 29.8 Å². The van der Waals surface area contributed by atoms with Crippen molar-refractivity contribution in [1.29, 1.82) is 0 Å². The average molecular weight is 331 g/mol. The third-order valence-corrected chi connectivity index (χ3v) is 6.00. The molecule has 0 aromatic carbocycles. The summed E-state index contributed by atoms with van der Waals surface area (Å²) in [6.07, 6.45) is 3.82. The zero-order valence-electron chi connectivity index (χ0n) is 11.8. The molecule has 0 spiro atoms. The Hall–Kier alpha value is -0.580. The topological polar surface area (TPSA) is 40.6 Å². The van der Waals surface area contributed by atoms with Crippen molar-refractivity contribution in [3.05, 3.63) is 0 Å². The van der Waals surface area contributed by atoms with Crippen LogP contribution in [0, 0.1) is 5.41 Å². The zero-order valence-corrected chi connectivity index (χ0v) is 13.4. The minimum atomic E-state index is -0.178. The van der Waals surface area contributed by atoms with E-state index in [0.717, 1.165) is 37.6 Å². The molecule has 0 aromatic rings. The number of piperazine rings is 1. The Morgan fingerprint density at radius 1 is 1.32 bits per heavy atom. The number of fused-ring (bicyclic) bond motifs is 1. The van der Waals surface area contributed by atoms with Gasteiger partial charge in [-0.2, -0.15) is 0 Å². The van der Waals surface area contributed by atoms with E-state index in [1.807, 2.05) is 0 Å². The number of rotatable bonds is 5. The fourth-order valence-corrected chi connectivity index (χ4v) is 4.08. The Morgan fingerprint density at radius 3 is 2.58 bits per heavy atom. The molecule has 0 N–H and O–H groups in total. The minimum absolute atomic E-state index is 0.0940. The maximum atomic E-state index is 12.5. The van der Waals surface area contributed by atoms with Gasteiger partial charge in [0.15, 0.2) is 0 Å². The van der Waals surface area contributed by atoms with E-state index < -0.39 is 0 Å². The largest absolute Gasteiger partial charge is 0.331 e. The van der Waals surface area contributed by atoms with Crippen LogP contribution < -0.4 is 0 Å². The maximum Gasteiger partial charge on any atom is 0.245 e. The van der Waals surface area contributed by atoms with Gasteiger partial charge in [0.25, 0.3) is 0 Å². The van der Waals surface area contributed by atoms with Crippen molar-refractivity contribution in [3.8, 4) is 0 Å². The van der Waals surface area contributed by atoms with Crippen LogP contribution >= 0.6 is 15.9 Å². The van der Waals surface area contributed by atoms with Gasteiger partial charge in [0.2, 0.25) is 11.8 Å². The van der Waals surface area contributed by atoms with Crippen LogP contribution in [0.3, 0.4) is 0 Å². The van der Waals surface area contributed by atoms with Gasteiger partial charge in [-0.3, -0.25) is 9.59 Å². The van der Waals surface area contributed by atoms with Crippen molar-refractivity contribution in [2.45, 2.75) is 45.6 Å². The summed E-state index contributed by atoms with van der Waals surface area (Å²) in [5.41, 5.74) is 0.0940. The number of alkyl halides is 1. The van der Waals surface area contributed by atoms with E-state index in [2.05, 4.69) is 29.8 Å². The van der Waals surface area contributed by atoms with Gasteiger partial charge >= 0.3 is 0 Å². The van der Waals surface area contributed by atoms with Crippen LogP contribution in [0.25, 0.3) is 0 Å². The predicted octanol–water partition coefficient (Wildman–Crippen LogP) is 2.02. The van der Waals surface area contributed by atoms with Crippen molar-refractivity contribution in [1.82, 2.24) is 9.80 Å². The zero-order chi connectivity index (χ0) is 14.0. The van der Waals surface area contributed by atoms with Crippen molar-refractivity contribution >= 4 is 27.7 Å². The van der Waals surface area contributed by atoms with Crippen LogP contribution in [0.5, 0.6) is 0 Å². The molecule has 0 saturated carbocycles. The van der Waals surface area contributed by atoms with Gasteiger partial charge < -0.3 is 9.80 Å². The Kier molecular flexibility index (Phi) is 4.54. The third-order valence-electron chi connectivity index (χ3n) is 4.81. The third kappa shape index (κ3) is 2.67. The van der Waals surface area contributed by atoms with E-state index in [1.54, 1.807) is 9.80 Å². The molecule has 2 amide bonds. The van der Waals surface area contributed by atoms with Gasteiger partial charge in [0, 0.05) is 18.4 Å². The van der Waals surface area contributed by atoms with Crippen LogP contribution in [-0.4, -0.2) is 52.6 Å². The molecule has 5 heteroatoms. The molecule has 0 radical (unpaired) electrons. The molecular weight excluding hydrogens is 308 g/mol.